The minimum Gasteiger partial charge on any atom is -0.332 e. The number of thiocarbonyl (C=S) groups is 1. The molecule has 1 aliphatic carbocycles. The number of fused-ring (bicyclic) bond motifs is 1. The van der Waals surface area contributed by atoms with E-state index in [1.807, 2.05) is 18.2 Å². The van der Waals surface area contributed by atoms with E-state index in [-0.39, 0.29) is 0 Å². The molecule has 0 spiro atoms. The number of aromatic nitrogens is 1. The van der Waals surface area contributed by atoms with Crippen LogP contribution in [-0.2, 0) is 12.8 Å². The summed E-state index contributed by atoms with van der Waals surface area (Å²) in [7, 11) is 0. The van der Waals surface area contributed by atoms with E-state index in [1.54, 1.807) is 11.3 Å². The number of benzene rings is 1. The van der Waals surface area contributed by atoms with Crippen LogP contribution in [0.5, 0.6) is 0 Å². The lowest BCUT2D eigenvalue weighted by Crippen LogP contribution is -2.19. The summed E-state index contributed by atoms with van der Waals surface area (Å²) in [5.74, 6) is 0.767. The van der Waals surface area contributed by atoms with Gasteiger partial charge in [0.2, 0.25) is 0 Å². The van der Waals surface area contributed by atoms with Crippen LogP contribution in [0.1, 0.15) is 29.5 Å². The van der Waals surface area contributed by atoms with Crippen LogP contribution in [-0.4, -0.2) is 10.1 Å². The molecular formula is C16H19N3S2. The van der Waals surface area contributed by atoms with Crippen LogP contribution < -0.4 is 10.6 Å². The lowest BCUT2D eigenvalue weighted by atomic mass is 9.93. The van der Waals surface area contributed by atoms with Gasteiger partial charge in [0.25, 0.3) is 0 Å². The molecule has 0 saturated heterocycles. The first-order valence-electron chi connectivity index (χ1n) is 7.24. The molecule has 0 radical (unpaired) electrons. The zero-order valence-corrected chi connectivity index (χ0v) is 13.9. The molecule has 1 atom stereocenters. The van der Waals surface area contributed by atoms with Gasteiger partial charge in [-0.2, -0.15) is 0 Å². The topological polar surface area (TPSA) is 37.0 Å². The van der Waals surface area contributed by atoms with E-state index in [2.05, 4.69) is 35.5 Å². The highest BCUT2D eigenvalue weighted by atomic mass is 32.1. The van der Waals surface area contributed by atoms with E-state index < -0.39 is 0 Å². The van der Waals surface area contributed by atoms with Crippen LogP contribution in [0.4, 0.5) is 10.8 Å². The summed E-state index contributed by atoms with van der Waals surface area (Å²) >= 11 is 7.12. The maximum absolute atomic E-state index is 5.39. The molecule has 3 rings (SSSR count). The van der Waals surface area contributed by atoms with Gasteiger partial charge < -0.3 is 10.6 Å². The number of hydrogen-bond acceptors (Lipinski definition) is 3. The number of aryl methyl sites for hydroxylation is 2. The quantitative estimate of drug-likeness (QED) is 0.806. The smallest absolute Gasteiger partial charge is 0.189 e. The third kappa shape index (κ3) is 3.41. The third-order valence-corrected chi connectivity index (χ3v) is 5.04. The van der Waals surface area contributed by atoms with Gasteiger partial charge in [0.05, 0.1) is 5.69 Å². The fourth-order valence-electron chi connectivity index (χ4n) is 2.56. The molecule has 21 heavy (non-hydrogen) atoms. The second-order valence-electron chi connectivity index (χ2n) is 5.63. The molecule has 1 aromatic carbocycles. The molecule has 0 bridgehead atoms. The van der Waals surface area contributed by atoms with Crippen molar-refractivity contribution in [2.75, 3.05) is 10.6 Å². The van der Waals surface area contributed by atoms with Gasteiger partial charge in [-0.25, -0.2) is 4.98 Å². The average Bonchev–Trinajstić information content (AvgIpc) is 2.82. The van der Waals surface area contributed by atoms with E-state index in [1.165, 1.54) is 22.6 Å². The molecule has 2 N–H and O–H groups in total. The van der Waals surface area contributed by atoms with Crippen molar-refractivity contribution in [3.8, 4) is 0 Å². The Morgan fingerprint density at radius 3 is 2.95 bits per heavy atom. The molecule has 1 heterocycles. The number of hydrogen-bond donors (Lipinski definition) is 2. The second kappa shape index (κ2) is 6.12. The molecule has 1 aromatic heterocycles. The molecule has 1 unspecified atom stereocenters. The van der Waals surface area contributed by atoms with Gasteiger partial charge in [-0.05, 0) is 56.0 Å². The Bertz CT molecular complexity index is 663. The van der Waals surface area contributed by atoms with Gasteiger partial charge in [0, 0.05) is 10.6 Å². The maximum Gasteiger partial charge on any atom is 0.189 e. The first kappa shape index (κ1) is 14.5. The lowest BCUT2D eigenvalue weighted by molar-refractivity contribution is 0.502. The van der Waals surface area contributed by atoms with Gasteiger partial charge in [-0.1, -0.05) is 25.1 Å². The highest BCUT2D eigenvalue weighted by Crippen LogP contribution is 2.32. The molecule has 1 aliphatic rings. The van der Waals surface area contributed by atoms with E-state index in [0.717, 1.165) is 29.6 Å². The molecule has 2 aromatic rings. The van der Waals surface area contributed by atoms with Gasteiger partial charge in [-0.3, -0.25) is 0 Å². The van der Waals surface area contributed by atoms with Crippen molar-refractivity contribution in [3.63, 3.8) is 0 Å². The molecule has 5 heteroatoms. The zero-order valence-electron chi connectivity index (χ0n) is 12.3. The summed E-state index contributed by atoms with van der Waals surface area (Å²) < 4.78 is 0. The summed E-state index contributed by atoms with van der Waals surface area (Å²) in [6.07, 6.45) is 3.47. The zero-order chi connectivity index (χ0) is 14.8. The number of thiazole rings is 1. The SMILES string of the molecule is Cc1ccccc1NC(=S)Nc1nc2c(s1)CC(C)CC2. The van der Waals surface area contributed by atoms with E-state index in [9.17, 15) is 0 Å². The van der Waals surface area contributed by atoms with Crippen LogP contribution in [0.2, 0.25) is 0 Å². The monoisotopic (exact) mass is 317 g/mol. The second-order valence-corrected chi connectivity index (χ2v) is 7.12. The van der Waals surface area contributed by atoms with Crippen molar-refractivity contribution >= 4 is 39.5 Å². The average molecular weight is 317 g/mol. The lowest BCUT2D eigenvalue weighted by Gasteiger charge is -2.15. The number of nitrogens with zero attached hydrogens (tertiary/aromatic N) is 1. The Hall–Kier alpha value is -1.46. The Balaban J connectivity index is 1.67. The van der Waals surface area contributed by atoms with Gasteiger partial charge in [-0.15, -0.1) is 11.3 Å². The van der Waals surface area contributed by atoms with Crippen molar-refractivity contribution in [1.29, 1.82) is 0 Å². The molecule has 0 amide bonds. The number of nitrogens with one attached hydrogen (secondary N) is 2. The summed E-state index contributed by atoms with van der Waals surface area (Å²) in [4.78, 5) is 6.08. The van der Waals surface area contributed by atoms with Crippen molar-refractivity contribution in [2.45, 2.75) is 33.1 Å². The summed E-state index contributed by atoms with van der Waals surface area (Å²) in [6, 6.07) is 8.11. The molecular weight excluding hydrogens is 298 g/mol. The third-order valence-electron chi connectivity index (χ3n) is 3.80. The van der Waals surface area contributed by atoms with Gasteiger partial charge in [0.15, 0.2) is 10.2 Å². The number of anilines is 2. The first-order chi connectivity index (χ1) is 10.1. The molecule has 0 saturated carbocycles. The van der Waals surface area contributed by atoms with Crippen LogP contribution in [0, 0.1) is 12.8 Å². The Kier molecular flexibility index (Phi) is 4.22. The normalized spacial score (nSPS) is 17.1. The van der Waals surface area contributed by atoms with Crippen molar-refractivity contribution < 1.29 is 0 Å². The Morgan fingerprint density at radius 2 is 2.14 bits per heavy atom. The van der Waals surface area contributed by atoms with Crippen LogP contribution in [0.25, 0.3) is 0 Å². The van der Waals surface area contributed by atoms with Crippen molar-refractivity contribution in [3.05, 3.63) is 40.4 Å². The van der Waals surface area contributed by atoms with Crippen molar-refractivity contribution in [1.82, 2.24) is 4.98 Å². The van der Waals surface area contributed by atoms with Crippen molar-refractivity contribution in [2.24, 2.45) is 5.92 Å². The minimum atomic E-state index is 0.600. The highest BCUT2D eigenvalue weighted by molar-refractivity contribution is 7.80. The first-order valence-corrected chi connectivity index (χ1v) is 8.46. The molecule has 3 nitrogen and oxygen atoms in total. The number of para-hydroxylation sites is 1. The van der Waals surface area contributed by atoms with Crippen LogP contribution in [0.15, 0.2) is 24.3 Å². The van der Waals surface area contributed by atoms with Crippen LogP contribution in [0.3, 0.4) is 0 Å². The molecule has 0 fully saturated rings. The van der Waals surface area contributed by atoms with Gasteiger partial charge in [0.1, 0.15) is 0 Å². The summed E-state index contributed by atoms with van der Waals surface area (Å²) in [5, 5.41) is 7.96. The predicted molar refractivity (Wildman–Crippen MR) is 94.3 cm³/mol. The standard InChI is InChI=1S/C16H19N3S2/c1-10-7-8-13-14(9-10)21-16(18-13)19-15(20)17-12-6-4-3-5-11(12)2/h3-6,10H,7-9H2,1-2H3,(H2,17,18,19,20). The van der Waals surface area contributed by atoms with E-state index in [4.69, 9.17) is 12.2 Å². The fourth-order valence-corrected chi connectivity index (χ4v) is 4.00. The largest absolute Gasteiger partial charge is 0.332 e. The molecule has 0 aliphatic heterocycles. The Morgan fingerprint density at radius 1 is 1.33 bits per heavy atom. The predicted octanol–water partition coefficient (Wildman–Crippen LogP) is 4.39. The highest BCUT2D eigenvalue weighted by Gasteiger charge is 2.20. The van der Waals surface area contributed by atoms with E-state index in [0.29, 0.717) is 5.11 Å². The summed E-state index contributed by atoms with van der Waals surface area (Å²) in [6.45, 7) is 4.37. The summed E-state index contributed by atoms with van der Waals surface area (Å²) in [5.41, 5.74) is 3.46. The van der Waals surface area contributed by atoms with E-state index >= 15 is 0 Å². The fraction of sp³-hybridized carbons (Fsp3) is 0.375. The maximum atomic E-state index is 5.39. The molecule has 110 valence electrons. The van der Waals surface area contributed by atoms with Gasteiger partial charge >= 0.3 is 0 Å². The minimum absolute atomic E-state index is 0.600. The number of rotatable bonds is 2. The van der Waals surface area contributed by atoms with Crippen LogP contribution >= 0.6 is 23.6 Å². The Labute approximate surface area is 134 Å².